The molecule has 3 atom stereocenters. The highest BCUT2D eigenvalue weighted by Gasteiger charge is 2.21. The van der Waals surface area contributed by atoms with Crippen LogP contribution in [0, 0.1) is 0 Å². The smallest absolute Gasteiger partial charge is 0.236 e. The molecule has 76 valence electrons. The van der Waals surface area contributed by atoms with Crippen molar-refractivity contribution in [1.29, 1.82) is 0 Å². The third kappa shape index (κ3) is 3.32. The number of nitrogens with one attached hydrogen (secondary N) is 1. The minimum absolute atomic E-state index is 0.0703. The predicted octanol–water partition coefficient (Wildman–Crippen LogP) is 0.0173. The number of amides is 1. The Morgan fingerprint density at radius 2 is 2.38 bits per heavy atom. The van der Waals surface area contributed by atoms with Gasteiger partial charge >= 0.3 is 0 Å². The van der Waals surface area contributed by atoms with E-state index in [1.54, 1.807) is 6.92 Å². The van der Waals surface area contributed by atoms with Crippen LogP contribution in [0.3, 0.4) is 0 Å². The Bertz CT molecular complexity index is 182. The predicted molar refractivity (Wildman–Crippen MR) is 50.2 cm³/mol. The van der Waals surface area contributed by atoms with Crippen LogP contribution in [0.25, 0.3) is 0 Å². The molecule has 0 bridgehead atoms. The maximum Gasteiger partial charge on any atom is 0.236 e. The second kappa shape index (κ2) is 4.58. The average molecular weight is 186 g/mol. The van der Waals surface area contributed by atoms with E-state index in [0.29, 0.717) is 0 Å². The van der Waals surface area contributed by atoms with E-state index < -0.39 is 6.04 Å². The van der Waals surface area contributed by atoms with Gasteiger partial charge in [-0.25, -0.2) is 0 Å². The van der Waals surface area contributed by atoms with Gasteiger partial charge in [0.1, 0.15) is 0 Å². The second-order valence-electron chi connectivity index (χ2n) is 3.70. The first-order valence-electron chi connectivity index (χ1n) is 4.77. The number of ether oxygens (including phenoxy) is 1. The van der Waals surface area contributed by atoms with Crippen molar-refractivity contribution in [2.75, 3.05) is 6.61 Å². The summed E-state index contributed by atoms with van der Waals surface area (Å²) in [5.74, 6) is -0.0703. The molecule has 1 saturated heterocycles. The molecule has 0 aliphatic carbocycles. The molecule has 1 heterocycles. The fraction of sp³-hybridized carbons (Fsp3) is 0.889. The Hall–Kier alpha value is -0.610. The van der Waals surface area contributed by atoms with E-state index in [4.69, 9.17) is 10.5 Å². The standard InChI is InChI=1S/C9H18N2O2/c1-6-5-8(3-4-13-6)11-9(12)7(2)10/h6-8H,3-5,10H2,1-2H3,(H,11,12)/t6?,7-,8?/m1/s1. The minimum Gasteiger partial charge on any atom is -0.378 e. The van der Waals surface area contributed by atoms with Gasteiger partial charge in [0.25, 0.3) is 0 Å². The van der Waals surface area contributed by atoms with Crippen LogP contribution in [-0.2, 0) is 9.53 Å². The number of carbonyl (C=O) groups is 1. The number of hydrogen-bond donors (Lipinski definition) is 2. The van der Waals surface area contributed by atoms with Gasteiger partial charge in [0, 0.05) is 12.6 Å². The normalized spacial score (nSPS) is 31.0. The van der Waals surface area contributed by atoms with E-state index in [-0.39, 0.29) is 18.1 Å². The van der Waals surface area contributed by atoms with E-state index in [0.717, 1.165) is 19.4 Å². The van der Waals surface area contributed by atoms with Gasteiger partial charge < -0.3 is 15.8 Å². The average Bonchev–Trinajstić information content (AvgIpc) is 2.04. The molecule has 2 unspecified atom stereocenters. The molecule has 3 N–H and O–H groups in total. The van der Waals surface area contributed by atoms with Crippen LogP contribution >= 0.6 is 0 Å². The molecule has 1 aliphatic rings. The molecule has 1 fully saturated rings. The second-order valence-corrected chi connectivity index (χ2v) is 3.70. The van der Waals surface area contributed by atoms with Crippen LogP contribution in [0.15, 0.2) is 0 Å². The zero-order valence-corrected chi connectivity index (χ0v) is 8.25. The summed E-state index contributed by atoms with van der Waals surface area (Å²) in [5, 5.41) is 2.90. The van der Waals surface area contributed by atoms with Crippen molar-refractivity contribution in [3.63, 3.8) is 0 Å². The van der Waals surface area contributed by atoms with Crippen LogP contribution in [0.1, 0.15) is 26.7 Å². The van der Waals surface area contributed by atoms with Gasteiger partial charge in [-0.15, -0.1) is 0 Å². The van der Waals surface area contributed by atoms with Gasteiger partial charge in [-0.05, 0) is 26.7 Å². The summed E-state index contributed by atoms with van der Waals surface area (Å²) in [5.41, 5.74) is 5.44. The number of carbonyl (C=O) groups excluding carboxylic acids is 1. The summed E-state index contributed by atoms with van der Waals surface area (Å²) in [7, 11) is 0. The van der Waals surface area contributed by atoms with Crippen molar-refractivity contribution in [3.8, 4) is 0 Å². The molecule has 1 amide bonds. The first-order valence-corrected chi connectivity index (χ1v) is 4.77. The van der Waals surface area contributed by atoms with Crippen LogP contribution in [0.5, 0.6) is 0 Å². The van der Waals surface area contributed by atoms with Crippen LogP contribution in [-0.4, -0.2) is 30.7 Å². The van der Waals surface area contributed by atoms with Gasteiger partial charge in [0.05, 0.1) is 12.1 Å². The van der Waals surface area contributed by atoms with Crippen LogP contribution < -0.4 is 11.1 Å². The highest BCUT2D eigenvalue weighted by molar-refractivity contribution is 5.81. The molecule has 4 nitrogen and oxygen atoms in total. The Morgan fingerprint density at radius 1 is 1.69 bits per heavy atom. The molecular weight excluding hydrogens is 168 g/mol. The number of rotatable bonds is 2. The number of nitrogens with two attached hydrogens (primary N) is 1. The maximum absolute atomic E-state index is 11.2. The van der Waals surface area contributed by atoms with Crippen molar-refractivity contribution < 1.29 is 9.53 Å². The topological polar surface area (TPSA) is 64.4 Å². The molecule has 4 heteroatoms. The zero-order chi connectivity index (χ0) is 9.84. The Kier molecular flexibility index (Phi) is 3.69. The van der Waals surface area contributed by atoms with E-state index in [1.807, 2.05) is 6.92 Å². The SMILES string of the molecule is CC1CC(NC(=O)[C@@H](C)N)CCO1. The molecule has 0 aromatic carbocycles. The minimum atomic E-state index is -0.418. The third-order valence-electron chi connectivity index (χ3n) is 2.25. The lowest BCUT2D eigenvalue weighted by Crippen LogP contribution is -2.47. The first kappa shape index (κ1) is 10.5. The van der Waals surface area contributed by atoms with Crippen molar-refractivity contribution in [3.05, 3.63) is 0 Å². The Balaban J connectivity index is 2.31. The molecule has 0 saturated carbocycles. The molecule has 0 radical (unpaired) electrons. The largest absolute Gasteiger partial charge is 0.378 e. The lowest BCUT2D eigenvalue weighted by atomic mass is 10.0. The first-order chi connectivity index (χ1) is 6.09. The van der Waals surface area contributed by atoms with Gasteiger partial charge in [-0.3, -0.25) is 4.79 Å². The van der Waals surface area contributed by atoms with Gasteiger partial charge in [0.2, 0.25) is 5.91 Å². The Morgan fingerprint density at radius 3 is 2.92 bits per heavy atom. The Labute approximate surface area is 78.8 Å². The fourth-order valence-electron chi connectivity index (χ4n) is 1.46. The van der Waals surface area contributed by atoms with E-state index in [9.17, 15) is 4.79 Å². The van der Waals surface area contributed by atoms with Crippen molar-refractivity contribution in [2.24, 2.45) is 5.73 Å². The van der Waals surface area contributed by atoms with Crippen molar-refractivity contribution in [1.82, 2.24) is 5.32 Å². The molecule has 13 heavy (non-hydrogen) atoms. The maximum atomic E-state index is 11.2. The molecule has 0 aromatic rings. The van der Waals surface area contributed by atoms with E-state index in [2.05, 4.69) is 5.32 Å². The van der Waals surface area contributed by atoms with Gasteiger partial charge in [0.15, 0.2) is 0 Å². The summed E-state index contributed by atoms with van der Waals surface area (Å²) >= 11 is 0. The lowest BCUT2D eigenvalue weighted by Gasteiger charge is -2.28. The van der Waals surface area contributed by atoms with Gasteiger partial charge in [-0.1, -0.05) is 0 Å². The number of hydrogen-bond acceptors (Lipinski definition) is 3. The van der Waals surface area contributed by atoms with E-state index in [1.165, 1.54) is 0 Å². The zero-order valence-electron chi connectivity index (χ0n) is 8.25. The molecule has 0 spiro atoms. The summed E-state index contributed by atoms with van der Waals surface area (Å²) in [4.78, 5) is 11.2. The van der Waals surface area contributed by atoms with Crippen LogP contribution in [0.4, 0.5) is 0 Å². The van der Waals surface area contributed by atoms with E-state index >= 15 is 0 Å². The molecular formula is C9H18N2O2. The molecule has 1 rings (SSSR count). The van der Waals surface area contributed by atoms with Crippen molar-refractivity contribution >= 4 is 5.91 Å². The summed E-state index contributed by atoms with van der Waals surface area (Å²) in [6, 6.07) is -0.180. The highest BCUT2D eigenvalue weighted by atomic mass is 16.5. The summed E-state index contributed by atoms with van der Waals surface area (Å²) in [6.07, 6.45) is 2.02. The van der Waals surface area contributed by atoms with Crippen LogP contribution in [0.2, 0.25) is 0 Å². The fourth-order valence-corrected chi connectivity index (χ4v) is 1.46. The molecule has 0 aromatic heterocycles. The highest BCUT2D eigenvalue weighted by Crippen LogP contribution is 2.12. The van der Waals surface area contributed by atoms with Crippen molar-refractivity contribution in [2.45, 2.75) is 44.9 Å². The lowest BCUT2D eigenvalue weighted by molar-refractivity contribution is -0.123. The summed E-state index contributed by atoms with van der Waals surface area (Å²) in [6.45, 7) is 4.44. The molecule has 1 aliphatic heterocycles. The third-order valence-corrected chi connectivity index (χ3v) is 2.25. The monoisotopic (exact) mass is 186 g/mol. The quantitative estimate of drug-likeness (QED) is 0.639. The van der Waals surface area contributed by atoms with Gasteiger partial charge in [-0.2, -0.15) is 0 Å². The summed E-state index contributed by atoms with van der Waals surface area (Å²) < 4.78 is 5.37.